The number of benzene rings is 2. The highest BCUT2D eigenvalue weighted by Crippen LogP contribution is 2.34. The van der Waals surface area contributed by atoms with Crippen molar-refractivity contribution in [1.29, 1.82) is 0 Å². The van der Waals surface area contributed by atoms with E-state index in [1.165, 1.54) is 12.4 Å². The Labute approximate surface area is 162 Å². The molecule has 0 bridgehead atoms. The fourth-order valence-corrected chi connectivity index (χ4v) is 3.01. The first kappa shape index (κ1) is 17.8. The molecule has 2 N–H and O–H groups in total. The fourth-order valence-electron chi connectivity index (χ4n) is 3.01. The van der Waals surface area contributed by atoms with Crippen LogP contribution in [0.3, 0.4) is 0 Å². The van der Waals surface area contributed by atoms with E-state index in [-0.39, 0.29) is 18.4 Å². The number of aromatic nitrogens is 2. The molecule has 1 aliphatic rings. The van der Waals surface area contributed by atoms with Gasteiger partial charge in [0, 0.05) is 17.4 Å². The molecular weight excluding hydrogens is 356 g/mol. The average Bonchev–Trinajstić information content (AvgIpc) is 3.18. The number of carbonyl (C=O) groups excluding carboxylic acids is 1. The molecule has 0 spiro atoms. The number of para-hydroxylation sites is 1. The van der Waals surface area contributed by atoms with Crippen molar-refractivity contribution in [3.8, 4) is 11.5 Å². The Kier molecular flexibility index (Phi) is 4.80. The van der Waals surface area contributed by atoms with Crippen molar-refractivity contribution >= 4 is 23.1 Å². The molecule has 0 radical (unpaired) electrons. The molecule has 1 amide bonds. The van der Waals surface area contributed by atoms with Crippen LogP contribution < -0.4 is 20.1 Å². The molecule has 3 aromatic rings. The molecule has 1 aliphatic heterocycles. The van der Waals surface area contributed by atoms with E-state index in [0.717, 1.165) is 28.9 Å². The van der Waals surface area contributed by atoms with E-state index in [1.54, 1.807) is 0 Å². The normalized spacial score (nSPS) is 11.9. The summed E-state index contributed by atoms with van der Waals surface area (Å²) in [4.78, 5) is 21.1. The lowest BCUT2D eigenvalue weighted by Gasteiger charge is -2.12. The number of fused-ring (bicyclic) bond motifs is 1. The SMILES string of the molecule is CCc1cccc(C)c1NC(=O)c1cnc(Nc2ccc3c(c2)OCO3)cn1. The highest BCUT2D eigenvalue weighted by atomic mass is 16.7. The lowest BCUT2D eigenvalue weighted by atomic mass is 10.1. The van der Waals surface area contributed by atoms with Gasteiger partial charge in [-0.25, -0.2) is 9.97 Å². The first-order valence-corrected chi connectivity index (χ1v) is 9.02. The summed E-state index contributed by atoms with van der Waals surface area (Å²) < 4.78 is 10.7. The third kappa shape index (κ3) is 3.59. The van der Waals surface area contributed by atoms with Gasteiger partial charge in [-0.15, -0.1) is 0 Å². The fraction of sp³-hybridized carbons (Fsp3) is 0.190. The summed E-state index contributed by atoms with van der Waals surface area (Å²) >= 11 is 0. The maximum atomic E-state index is 12.6. The number of aryl methyl sites for hydroxylation is 2. The van der Waals surface area contributed by atoms with Gasteiger partial charge < -0.3 is 20.1 Å². The maximum absolute atomic E-state index is 12.6. The number of hydrogen-bond donors (Lipinski definition) is 2. The van der Waals surface area contributed by atoms with Gasteiger partial charge in [0.2, 0.25) is 6.79 Å². The number of anilines is 3. The quantitative estimate of drug-likeness (QED) is 0.698. The lowest BCUT2D eigenvalue weighted by Crippen LogP contribution is -2.16. The van der Waals surface area contributed by atoms with Crippen molar-refractivity contribution in [3.05, 3.63) is 65.6 Å². The van der Waals surface area contributed by atoms with Gasteiger partial charge >= 0.3 is 0 Å². The van der Waals surface area contributed by atoms with Crippen LogP contribution in [-0.2, 0) is 6.42 Å². The van der Waals surface area contributed by atoms with Gasteiger partial charge in [0.25, 0.3) is 5.91 Å². The van der Waals surface area contributed by atoms with Crippen molar-refractivity contribution in [3.63, 3.8) is 0 Å². The second-order valence-corrected chi connectivity index (χ2v) is 6.40. The van der Waals surface area contributed by atoms with Gasteiger partial charge in [-0.3, -0.25) is 4.79 Å². The standard InChI is InChI=1S/C21H20N4O3/c1-3-14-6-4-5-13(2)20(14)25-21(26)16-10-23-19(11-22-16)24-15-7-8-17-18(9-15)28-12-27-17/h4-11H,3,12H2,1-2H3,(H,23,24)(H,25,26). The van der Waals surface area contributed by atoms with Crippen LogP contribution in [0.2, 0.25) is 0 Å². The molecule has 0 fully saturated rings. The van der Waals surface area contributed by atoms with Crippen LogP contribution in [-0.4, -0.2) is 22.7 Å². The maximum Gasteiger partial charge on any atom is 0.275 e. The number of hydrogen-bond acceptors (Lipinski definition) is 6. The van der Waals surface area contributed by atoms with Gasteiger partial charge in [0.15, 0.2) is 11.5 Å². The molecule has 7 nitrogen and oxygen atoms in total. The number of carbonyl (C=O) groups is 1. The Morgan fingerprint density at radius 2 is 1.96 bits per heavy atom. The number of ether oxygens (including phenoxy) is 2. The monoisotopic (exact) mass is 376 g/mol. The molecule has 1 aromatic heterocycles. The van der Waals surface area contributed by atoms with E-state index in [0.29, 0.717) is 17.3 Å². The topological polar surface area (TPSA) is 85.4 Å². The molecule has 4 rings (SSSR count). The Hall–Kier alpha value is -3.61. The predicted molar refractivity (Wildman–Crippen MR) is 106 cm³/mol. The van der Waals surface area contributed by atoms with E-state index in [4.69, 9.17) is 9.47 Å². The van der Waals surface area contributed by atoms with Gasteiger partial charge in [0.1, 0.15) is 11.5 Å². The van der Waals surface area contributed by atoms with Crippen molar-refractivity contribution in [1.82, 2.24) is 9.97 Å². The second kappa shape index (κ2) is 7.56. The molecule has 0 aliphatic carbocycles. The number of nitrogens with one attached hydrogen (secondary N) is 2. The van der Waals surface area contributed by atoms with Gasteiger partial charge in [-0.1, -0.05) is 25.1 Å². The minimum absolute atomic E-state index is 0.225. The van der Waals surface area contributed by atoms with Crippen LogP contribution in [0.5, 0.6) is 11.5 Å². The van der Waals surface area contributed by atoms with E-state index in [1.807, 2.05) is 43.3 Å². The second-order valence-electron chi connectivity index (χ2n) is 6.40. The van der Waals surface area contributed by atoms with Crippen LogP contribution in [0.15, 0.2) is 48.8 Å². The predicted octanol–water partition coefficient (Wildman–Crippen LogP) is 4.07. The summed E-state index contributed by atoms with van der Waals surface area (Å²) in [6, 6.07) is 11.5. The summed E-state index contributed by atoms with van der Waals surface area (Å²) in [7, 11) is 0. The molecule has 0 saturated heterocycles. The Morgan fingerprint density at radius 3 is 2.75 bits per heavy atom. The van der Waals surface area contributed by atoms with Crippen LogP contribution in [0, 0.1) is 6.92 Å². The highest BCUT2D eigenvalue weighted by Gasteiger charge is 2.15. The van der Waals surface area contributed by atoms with E-state index < -0.39 is 0 Å². The summed E-state index contributed by atoms with van der Waals surface area (Å²) in [6.07, 6.45) is 3.81. The third-order valence-electron chi connectivity index (χ3n) is 4.51. The van der Waals surface area contributed by atoms with Crippen LogP contribution in [0.1, 0.15) is 28.5 Å². The largest absolute Gasteiger partial charge is 0.454 e. The van der Waals surface area contributed by atoms with Crippen LogP contribution in [0.4, 0.5) is 17.2 Å². The Bertz CT molecular complexity index is 1020. The van der Waals surface area contributed by atoms with Gasteiger partial charge in [-0.2, -0.15) is 0 Å². The summed E-state index contributed by atoms with van der Waals surface area (Å²) in [6.45, 7) is 4.25. The van der Waals surface area contributed by atoms with Crippen molar-refractivity contribution in [2.45, 2.75) is 20.3 Å². The average molecular weight is 376 g/mol. The first-order chi connectivity index (χ1) is 13.6. The van der Waals surface area contributed by atoms with Gasteiger partial charge in [-0.05, 0) is 36.6 Å². The Balaban J connectivity index is 1.46. The van der Waals surface area contributed by atoms with E-state index in [9.17, 15) is 4.79 Å². The zero-order chi connectivity index (χ0) is 19.5. The molecule has 28 heavy (non-hydrogen) atoms. The van der Waals surface area contributed by atoms with E-state index in [2.05, 4.69) is 27.5 Å². The summed E-state index contributed by atoms with van der Waals surface area (Å²) in [5, 5.41) is 6.09. The van der Waals surface area contributed by atoms with Crippen LogP contribution >= 0.6 is 0 Å². The first-order valence-electron chi connectivity index (χ1n) is 9.02. The summed E-state index contributed by atoms with van der Waals surface area (Å²) in [5.74, 6) is 1.64. The number of amides is 1. The molecule has 0 atom stereocenters. The van der Waals surface area contributed by atoms with Gasteiger partial charge in [0.05, 0.1) is 12.4 Å². The smallest absolute Gasteiger partial charge is 0.275 e. The minimum atomic E-state index is -0.286. The summed E-state index contributed by atoms with van der Waals surface area (Å²) in [5.41, 5.74) is 3.98. The molecule has 2 heterocycles. The highest BCUT2D eigenvalue weighted by molar-refractivity contribution is 6.03. The molecular formula is C21H20N4O3. The number of nitrogens with zero attached hydrogens (tertiary/aromatic N) is 2. The van der Waals surface area contributed by atoms with Crippen molar-refractivity contribution in [2.24, 2.45) is 0 Å². The Morgan fingerprint density at radius 1 is 1.11 bits per heavy atom. The molecule has 142 valence electrons. The molecule has 2 aromatic carbocycles. The van der Waals surface area contributed by atoms with E-state index >= 15 is 0 Å². The molecule has 0 saturated carbocycles. The molecule has 0 unspecified atom stereocenters. The van der Waals surface area contributed by atoms with Crippen molar-refractivity contribution in [2.75, 3.05) is 17.4 Å². The van der Waals surface area contributed by atoms with Crippen LogP contribution in [0.25, 0.3) is 0 Å². The molecule has 7 heteroatoms. The zero-order valence-corrected chi connectivity index (χ0v) is 15.7. The third-order valence-corrected chi connectivity index (χ3v) is 4.51. The minimum Gasteiger partial charge on any atom is -0.454 e. The lowest BCUT2D eigenvalue weighted by molar-refractivity contribution is 0.102. The zero-order valence-electron chi connectivity index (χ0n) is 15.7. The number of rotatable bonds is 5. The van der Waals surface area contributed by atoms with Crippen molar-refractivity contribution < 1.29 is 14.3 Å².